The number of aliphatic hydroxyl groups excluding tert-OH is 5. The first-order chi connectivity index (χ1) is 48.3. The standard InChI is InChI=1S/C82H87N7O11/c1-40-26-50-59(55(91)27-40)66(94)61-56-31-49-48(60(61)65(50)93)16-25-85-73(49)86-36-58(92)79-38-76(19-4-5-20-76)53-11-7-9-43-8-6-10-44-33-78(21-14-46(90)30-45(78)29-41-12-13-47-42(28-41)15-24-84-72(47)83)68-69(88-39-87-68)81(43,44)57-32-51(62(53)79)64(89-57)52-34-80(99-56)70(96)67(95)71(97)82(100-80)63(52)54(79)35-77(74(82)98)23-22-75(37-77)17-2-3-18-75/h12-13,16,25-28,31-32,34,39,43-45,53,58,62,67,70-72,74,84,89,91-92,95-98H,2-6,8-10,14-15,17-24,29-30,33,35-38,83H2,1H3,(H,85,86)(H,87,88)/t43-,44+,45-,53-,58+,62+,67+,70+,71-,72-,74-,77-,78+,79-,80+,81-,82-/m0/s1. The highest BCUT2D eigenvalue weighted by atomic mass is 16.7. The van der Waals surface area contributed by atoms with Crippen LogP contribution in [0, 0.1) is 64.1 Å². The van der Waals surface area contributed by atoms with E-state index in [2.05, 4.69) is 56.7 Å². The van der Waals surface area contributed by atoms with Gasteiger partial charge < -0.3 is 61.1 Å². The molecule has 8 heterocycles. The molecule has 0 unspecified atom stereocenters. The van der Waals surface area contributed by atoms with Gasteiger partial charge in [-0.3, -0.25) is 19.7 Å². The van der Waals surface area contributed by atoms with Gasteiger partial charge in [-0.2, -0.15) is 0 Å². The second-order valence-corrected chi connectivity index (χ2v) is 34.3. The van der Waals surface area contributed by atoms with Gasteiger partial charge in [-0.25, -0.2) is 9.97 Å². The maximum atomic E-state index is 15.7. The molecular formula is C82H87N7O11. The summed E-state index contributed by atoms with van der Waals surface area (Å²) in [7, 11) is 0. The summed E-state index contributed by atoms with van der Waals surface area (Å²) in [6, 6.07) is 15.4. The van der Waals surface area contributed by atoms with E-state index in [0.29, 0.717) is 96.8 Å². The van der Waals surface area contributed by atoms with Crippen LogP contribution < -0.4 is 21.1 Å². The van der Waals surface area contributed by atoms with Gasteiger partial charge in [-0.1, -0.05) is 61.8 Å². The number of aryl methyl sites for hydroxylation is 1. The van der Waals surface area contributed by atoms with E-state index in [1.165, 1.54) is 17.2 Å². The number of benzene rings is 3. The fourth-order valence-electron chi connectivity index (χ4n) is 26.1. The van der Waals surface area contributed by atoms with E-state index in [9.17, 15) is 35.4 Å². The summed E-state index contributed by atoms with van der Waals surface area (Å²) in [4.78, 5) is 64.2. The van der Waals surface area contributed by atoms with Gasteiger partial charge in [0.05, 0.1) is 52.6 Å². The van der Waals surface area contributed by atoms with E-state index >= 15 is 9.59 Å². The van der Waals surface area contributed by atoms with Crippen molar-refractivity contribution in [3.8, 4) is 23.3 Å². The molecule has 10 bridgehead atoms. The number of carbonyl (C=O) groups excluding carboxylic acids is 3. The van der Waals surface area contributed by atoms with Crippen molar-refractivity contribution in [2.45, 2.75) is 219 Å². The zero-order valence-corrected chi connectivity index (χ0v) is 56.6. The second kappa shape index (κ2) is 20.5. The Hall–Kier alpha value is -7.31. The van der Waals surface area contributed by atoms with Crippen LogP contribution in [0.15, 0.2) is 78.3 Å². The molecule has 22 rings (SSSR count). The number of ether oxygens (including phenoxy) is 2. The van der Waals surface area contributed by atoms with Crippen LogP contribution >= 0.6 is 0 Å². The first kappa shape index (κ1) is 61.4. The van der Waals surface area contributed by atoms with Crippen molar-refractivity contribution in [1.82, 2.24) is 25.3 Å². The molecule has 5 aliphatic heterocycles. The number of hydrogen-bond donors (Lipinski definition) is 11. The van der Waals surface area contributed by atoms with Crippen LogP contribution in [0.2, 0.25) is 0 Å². The lowest BCUT2D eigenvalue weighted by Crippen LogP contribution is -2.79. The van der Waals surface area contributed by atoms with E-state index < -0.39 is 92.2 Å². The minimum Gasteiger partial charge on any atom is -0.507 e. The Morgan fingerprint density at radius 3 is 2.48 bits per heavy atom. The van der Waals surface area contributed by atoms with Gasteiger partial charge in [-0.15, -0.1) is 5.92 Å². The van der Waals surface area contributed by atoms with E-state index in [1.54, 1.807) is 37.4 Å². The number of aromatic nitrogens is 4. The SMILES string of the molecule is Cc1cc(O)c2c(c1)C(=O)c1c(c3cc4c(nccc14)NC[C@@H](O)[C@]14CC5(CCCC5)[C@H]5C#CC[C@@H]6CCC[C@@H]7C[C@@]8(CCC(=O)C[C@@H]8Cc8ccc9c(c8)CCN[C@@H]9N)c8nc[nH]c8[C@@]67c6cc(c([nH]6)C6=C[C@@]7(O3)O[C@@]3(C6=C1C[C@]1(CCC6(CCCC6)C1)[C@@H]3O)[C@@H](O)[C@H](O)[C@H]7O)[C@H]54)C2=O. The Kier molecular flexibility index (Phi) is 12.6. The number of H-pyrrole nitrogens is 2. The molecule has 0 radical (unpaired) electrons. The number of hydrogen-bond acceptors (Lipinski definition) is 16. The maximum absolute atomic E-state index is 15.7. The summed E-state index contributed by atoms with van der Waals surface area (Å²) in [5.41, 5.74) is 10.5. The molecule has 11 aliphatic carbocycles. The zero-order chi connectivity index (χ0) is 67.7. The third-order valence-corrected chi connectivity index (χ3v) is 30.0. The van der Waals surface area contributed by atoms with Gasteiger partial charge in [0.15, 0.2) is 17.5 Å². The van der Waals surface area contributed by atoms with Crippen molar-refractivity contribution in [3.05, 3.63) is 151 Å². The van der Waals surface area contributed by atoms with Crippen molar-refractivity contribution in [3.63, 3.8) is 0 Å². The summed E-state index contributed by atoms with van der Waals surface area (Å²) < 4.78 is 15.4. The topological polar surface area (TPSA) is 298 Å². The predicted molar refractivity (Wildman–Crippen MR) is 369 cm³/mol. The lowest BCUT2D eigenvalue weighted by atomic mass is 9.45. The smallest absolute Gasteiger partial charge is 0.261 e. The molecule has 18 nitrogen and oxygen atoms in total. The molecule has 6 saturated carbocycles. The average Bonchev–Trinajstić information content (AvgIpc) is 1.40. The number of phenols is 1. The minimum atomic E-state index is -2.55. The molecule has 3 aromatic heterocycles. The number of imidazole rings is 1. The van der Waals surface area contributed by atoms with E-state index in [-0.39, 0.29) is 75.6 Å². The zero-order valence-electron chi connectivity index (χ0n) is 56.6. The second-order valence-electron chi connectivity index (χ2n) is 34.3. The lowest BCUT2D eigenvalue weighted by Gasteiger charge is -2.64. The Morgan fingerprint density at radius 2 is 1.63 bits per heavy atom. The van der Waals surface area contributed by atoms with Gasteiger partial charge in [-0.05, 0) is 207 Å². The molecule has 3 aromatic carbocycles. The number of aromatic amines is 2. The summed E-state index contributed by atoms with van der Waals surface area (Å²) in [6.07, 6.45) is 14.1. The number of nitrogens with one attached hydrogen (secondary N) is 4. The van der Waals surface area contributed by atoms with Crippen LogP contribution in [0.25, 0.3) is 16.3 Å². The highest BCUT2D eigenvalue weighted by Gasteiger charge is 2.78. The first-order valence-corrected chi connectivity index (χ1v) is 37.6. The Labute approximate surface area is 579 Å². The third kappa shape index (κ3) is 7.51. The number of nitrogens with two attached hydrogens (primary N) is 1. The molecule has 0 amide bonds. The summed E-state index contributed by atoms with van der Waals surface area (Å²) in [5, 5.41) is 89.6. The van der Waals surface area contributed by atoms with Crippen LogP contribution in [-0.2, 0) is 33.2 Å². The normalized spacial score (nSPS) is 39.1. The maximum Gasteiger partial charge on any atom is 0.261 e. The third-order valence-electron chi connectivity index (χ3n) is 30.0. The minimum absolute atomic E-state index is 0.00517. The molecule has 18 heteroatoms. The molecule has 17 atom stereocenters. The van der Waals surface area contributed by atoms with Crippen molar-refractivity contribution in [2.24, 2.45) is 51.1 Å². The number of phenolic OH excluding ortho intramolecular Hbond substituents is 1. The number of aromatic hydroxyl groups is 1. The number of carbonyl (C=O) groups is 3. The number of aliphatic hydroxyl groups is 5. The van der Waals surface area contributed by atoms with Crippen LogP contribution in [0.3, 0.4) is 0 Å². The number of Topliss-reactive ketones (excluding diaryl/α,β-unsaturated/α-hetero) is 1. The number of fused-ring (bicyclic) bond motifs is 10. The molecule has 100 heavy (non-hydrogen) atoms. The fraction of sp³-hybridized carbons (Fsp3) is 0.549. The Bertz CT molecular complexity index is 4810. The number of nitrogens with zero attached hydrogens (tertiary/aromatic N) is 2. The monoisotopic (exact) mass is 1350 g/mol. The fourth-order valence-corrected chi connectivity index (χ4v) is 26.1. The number of pyridine rings is 1. The van der Waals surface area contributed by atoms with E-state index in [4.69, 9.17) is 25.2 Å². The van der Waals surface area contributed by atoms with Crippen molar-refractivity contribution in [2.75, 3.05) is 18.4 Å². The molecule has 8 spiro atoms. The lowest BCUT2D eigenvalue weighted by molar-refractivity contribution is -0.366. The summed E-state index contributed by atoms with van der Waals surface area (Å²) in [5.74, 6) is 3.55. The highest BCUT2D eigenvalue weighted by molar-refractivity contribution is 6.34. The molecule has 16 aliphatic rings. The first-order valence-electron chi connectivity index (χ1n) is 37.6. The van der Waals surface area contributed by atoms with Crippen molar-refractivity contribution >= 4 is 39.5 Å². The van der Waals surface area contributed by atoms with Crippen LogP contribution in [-0.4, -0.2) is 123 Å². The molecule has 516 valence electrons. The van der Waals surface area contributed by atoms with Gasteiger partial charge in [0.1, 0.15) is 35.3 Å². The summed E-state index contributed by atoms with van der Waals surface area (Å²) in [6.45, 7) is 2.49. The quantitative estimate of drug-likeness (QED) is 0.0718. The Morgan fingerprint density at radius 1 is 0.800 bits per heavy atom. The molecule has 1 saturated heterocycles. The van der Waals surface area contributed by atoms with Crippen LogP contribution in [0.4, 0.5) is 5.82 Å². The Balaban J connectivity index is 0.847. The van der Waals surface area contributed by atoms with Gasteiger partial charge in [0.2, 0.25) is 5.78 Å². The molecular weight excluding hydrogens is 1260 g/mol. The summed E-state index contributed by atoms with van der Waals surface area (Å²) >= 11 is 0. The number of rotatable bonds is 2. The van der Waals surface area contributed by atoms with E-state index in [1.807, 2.05) is 6.33 Å². The van der Waals surface area contributed by atoms with Gasteiger partial charge in [0.25, 0.3) is 5.79 Å². The highest BCUT2D eigenvalue weighted by Crippen LogP contribution is 2.79. The molecule has 6 aromatic rings. The van der Waals surface area contributed by atoms with Gasteiger partial charge >= 0.3 is 0 Å². The van der Waals surface area contributed by atoms with Crippen molar-refractivity contribution < 1.29 is 54.5 Å². The van der Waals surface area contributed by atoms with Crippen LogP contribution in [0.1, 0.15) is 229 Å². The van der Waals surface area contributed by atoms with Gasteiger partial charge in [0, 0.05) is 100 Å². The van der Waals surface area contributed by atoms with Crippen molar-refractivity contribution in [1.29, 1.82) is 0 Å². The number of ketones is 3. The molecule has 12 N–H and O–H groups in total. The molecule has 7 fully saturated rings. The average molecular weight is 1350 g/mol. The number of anilines is 1. The largest absolute Gasteiger partial charge is 0.507 e. The van der Waals surface area contributed by atoms with Crippen LogP contribution in [0.5, 0.6) is 11.5 Å². The van der Waals surface area contributed by atoms with E-state index in [0.717, 1.165) is 130 Å². The predicted octanol–water partition coefficient (Wildman–Crippen LogP) is 9.81.